The molecule has 0 radical (unpaired) electrons. The van der Waals surface area contributed by atoms with Crippen molar-refractivity contribution in [3.8, 4) is 0 Å². The van der Waals surface area contributed by atoms with E-state index in [9.17, 15) is 8.42 Å². The van der Waals surface area contributed by atoms with E-state index in [1.54, 1.807) is 13.3 Å². The van der Waals surface area contributed by atoms with Crippen LogP contribution in [0.1, 0.15) is 30.5 Å². The Balaban J connectivity index is 1.71. The Kier molecular flexibility index (Phi) is 5.30. The zero-order valence-electron chi connectivity index (χ0n) is 13.8. The molecular formula is C15H23N5O3S. The number of hydrogen-bond acceptors (Lipinski definition) is 6. The van der Waals surface area contributed by atoms with E-state index in [4.69, 9.17) is 4.74 Å². The third-order valence-corrected chi connectivity index (χ3v) is 5.93. The van der Waals surface area contributed by atoms with Crippen LogP contribution in [-0.2, 0) is 34.0 Å². The van der Waals surface area contributed by atoms with E-state index in [-0.39, 0.29) is 17.5 Å². The lowest BCUT2D eigenvalue weighted by atomic mass is 10.2. The van der Waals surface area contributed by atoms with Crippen molar-refractivity contribution in [2.45, 2.75) is 38.3 Å². The molecule has 1 aliphatic rings. The Morgan fingerprint density at radius 1 is 1.38 bits per heavy atom. The van der Waals surface area contributed by atoms with Gasteiger partial charge in [-0.1, -0.05) is 0 Å². The van der Waals surface area contributed by atoms with E-state index in [0.29, 0.717) is 19.4 Å². The Hall–Kier alpha value is -1.74. The number of sulfone groups is 1. The molecule has 9 heteroatoms. The molecule has 2 aromatic rings. The van der Waals surface area contributed by atoms with E-state index in [1.807, 2.05) is 21.6 Å². The topological polar surface area (TPSA) is 91.9 Å². The number of aromatic nitrogens is 5. The van der Waals surface area contributed by atoms with Crippen molar-refractivity contribution in [1.82, 2.24) is 24.5 Å². The average Bonchev–Trinajstić information content (AvgIpc) is 3.25. The molecule has 0 spiro atoms. The van der Waals surface area contributed by atoms with Gasteiger partial charge in [0.2, 0.25) is 0 Å². The molecule has 2 aromatic heterocycles. The van der Waals surface area contributed by atoms with E-state index in [1.165, 1.54) is 0 Å². The first-order valence-electron chi connectivity index (χ1n) is 8.18. The first-order chi connectivity index (χ1) is 11.6. The Labute approximate surface area is 141 Å². The van der Waals surface area contributed by atoms with Crippen molar-refractivity contribution in [2.75, 3.05) is 25.2 Å². The van der Waals surface area contributed by atoms with Gasteiger partial charge in [-0.25, -0.2) is 18.1 Å². The molecule has 1 fully saturated rings. The van der Waals surface area contributed by atoms with Gasteiger partial charge in [-0.3, -0.25) is 4.68 Å². The normalized spacial score (nSPS) is 19.8. The van der Waals surface area contributed by atoms with Crippen molar-refractivity contribution in [3.05, 3.63) is 30.1 Å². The van der Waals surface area contributed by atoms with Crippen LogP contribution in [0.15, 0.2) is 18.5 Å². The Bertz CT molecular complexity index is 754. The molecule has 0 unspecified atom stereocenters. The zero-order chi connectivity index (χ0) is 17.0. The standard InChI is InChI=1S/C15H23N5O3S/c1-23-10-5-14-17-15(4-2-8-19-9-3-7-16-19)20(18-14)13-6-11-24(21,22)12-13/h3,7,9,13H,2,4-6,8,10-12H2,1H3/t13-/m0/s1. The van der Waals surface area contributed by atoms with Gasteiger partial charge >= 0.3 is 0 Å². The number of nitrogens with zero attached hydrogens (tertiary/aromatic N) is 5. The molecule has 0 saturated carbocycles. The molecule has 3 rings (SSSR count). The highest BCUT2D eigenvalue weighted by atomic mass is 32.2. The minimum absolute atomic E-state index is 0.0986. The predicted octanol–water partition coefficient (Wildman–Crippen LogP) is 0.656. The summed E-state index contributed by atoms with van der Waals surface area (Å²) in [6.07, 6.45) is 6.56. The first kappa shape index (κ1) is 17.1. The summed E-state index contributed by atoms with van der Waals surface area (Å²) in [6.45, 7) is 1.36. The number of hydrogen-bond donors (Lipinski definition) is 0. The molecule has 0 N–H and O–H groups in total. The summed E-state index contributed by atoms with van der Waals surface area (Å²) in [5.41, 5.74) is 0. The molecule has 0 aliphatic carbocycles. The van der Waals surface area contributed by atoms with E-state index in [2.05, 4.69) is 15.2 Å². The summed E-state index contributed by atoms with van der Waals surface area (Å²) in [6, 6.07) is 1.80. The van der Waals surface area contributed by atoms with Crippen LogP contribution in [0, 0.1) is 0 Å². The smallest absolute Gasteiger partial charge is 0.153 e. The summed E-state index contributed by atoms with van der Waals surface area (Å²) in [5.74, 6) is 1.97. The van der Waals surface area contributed by atoms with Gasteiger partial charge in [-0.05, 0) is 18.9 Å². The molecule has 132 valence electrons. The maximum Gasteiger partial charge on any atom is 0.153 e. The number of rotatable bonds is 8. The van der Waals surface area contributed by atoms with Crippen LogP contribution in [0.5, 0.6) is 0 Å². The van der Waals surface area contributed by atoms with Gasteiger partial charge in [-0.2, -0.15) is 10.2 Å². The molecule has 8 nitrogen and oxygen atoms in total. The minimum Gasteiger partial charge on any atom is -0.384 e. The Morgan fingerprint density at radius 3 is 2.92 bits per heavy atom. The van der Waals surface area contributed by atoms with Crippen molar-refractivity contribution < 1.29 is 13.2 Å². The monoisotopic (exact) mass is 353 g/mol. The highest BCUT2D eigenvalue weighted by Crippen LogP contribution is 2.24. The van der Waals surface area contributed by atoms with Crippen LogP contribution in [0.3, 0.4) is 0 Å². The van der Waals surface area contributed by atoms with Gasteiger partial charge in [0, 0.05) is 38.9 Å². The molecule has 3 heterocycles. The molecule has 1 aliphatic heterocycles. The lowest BCUT2D eigenvalue weighted by molar-refractivity contribution is 0.200. The van der Waals surface area contributed by atoms with Crippen LogP contribution in [0.4, 0.5) is 0 Å². The van der Waals surface area contributed by atoms with Crippen LogP contribution < -0.4 is 0 Å². The fourth-order valence-corrected chi connectivity index (χ4v) is 4.66. The molecule has 0 amide bonds. The second-order valence-electron chi connectivity index (χ2n) is 6.06. The minimum atomic E-state index is -2.95. The van der Waals surface area contributed by atoms with E-state index < -0.39 is 9.84 Å². The maximum absolute atomic E-state index is 11.8. The fourth-order valence-electron chi connectivity index (χ4n) is 2.97. The maximum atomic E-state index is 11.8. The zero-order valence-corrected chi connectivity index (χ0v) is 14.7. The summed E-state index contributed by atoms with van der Waals surface area (Å²) in [5, 5.41) is 8.74. The first-order valence-corrected chi connectivity index (χ1v) is 10.0. The lowest BCUT2D eigenvalue weighted by Crippen LogP contribution is -2.16. The predicted molar refractivity (Wildman–Crippen MR) is 88.5 cm³/mol. The van der Waals surface area contributed by atoms with Gasteiger partial charge in [0.25, 0.3) is 0 Å². The second-order valence-corrected chi connectivity index (χ2v) is 8.29. The third-order valence-electron chi connectivity index (χ3n) is 4.18. The van der Waals surface area contributed by atoms with Gasteiger partial charge in [0.05, 0.1) is 24.2 Å². The molecular weight excluding hydrogens is 330 g/mol. The average molecular weight is 353 g/mol. The summed E-state index contributed by atoms with van der Waals surface area (Å²) < 4.78 is 32.4. The van der Waals surface area contributed by atoms with Crippen LogP contribution in [-0.4, -0.2) is 58.2 Å². The van der Waals surface area contributed by atoms with E-state index in [0.717, 1.165) is 31.0 Å². The van der Waals surface area contributed by atoms with Gasteiger partial charge < -0.3 is 4.74 Å². The SMILES string of the molecule is COCCc1nc(CCCn2cccn2)n([C@H]2CCS(=O)(=O)C2)n1. The highest BCUT2D eigenvalue weighted by molar-refractivity contribution is 7.91. The molecule has 0 bridgehead atoms. The van der Waals surface area contributed by atoms with Crippen molar-refractivity contribution >= 4 is 9.84 Å². The van der Waals surface area contributed by atoms with Gasteiger partial charge in [0.15, 0.2) is 15.7 Å². The van der Waals surface area contributed by atoms with Crippen molar-refractivity contribution in [3.63, 3.8) is 0 Å². The van der Waals surface area contributed by atoms with E-state index >= 15 is 0 Å². The third kappa shape index (κ3) is 4.21. The van der Waals surface area contributed by atoms with Crippen LogP contribution in [0.25, 0.3) is 0 Å². The molecule has 1 saturated heterocycles. The molecule has 1 atom stereocenters. The number of aryl methyl sites for hydroxylation is 2. The number of methoxy groups -OCH3 is 1. The fraction of sp³-hybridized carbons (Fsp3) is 0.667. The van der Waals surface area contributed by atoms with Crippen molar-refractivity contribution in [1.29, 1.82) is 0 Å². The van der Waals surface area contributed by atoms with Crippen LogP contribution in [0.2, 0.25) is 0 Å². The quantitative estimate of drug-likeness (QED) is 0.692. The molecule has 24 heavy (non-hydrogen) atoms. The van der Waals surface area contributed by atoms with Gasteiger partial charge in [-0.15, -0.1) is 0 Å². The second kappa shape index (κ2) is 7.43. The summed E-state index contributed by atoms with van der Waals surface area (Å²) >= 11 is 0. The number of ether oxygens (including phenoxy) is 1. The largest absolute Gasteiger partial charge is 0.384 e. The van der Waals surface area contributed by atoms with Crippen LogP contribution >= 0.6 is 0 Å². The van der Waals surface area contributed by atoms with Crippen molar-refractivity contribution in [2.24, 2.45) is 0 Å². The summed E-state index contributed by atoms with van der Waals surface area (Å²) in [4.78, 5) is 4.61. The highest BCUT2D eigenvalue weighted by Gasteiger charge is 2.31. The summed E-state index contributed by atoms with van der Waals surface area (Å²) in [7, 11) is -1.31. The Morgan fingerprint density at radius 2 is 2.25 bits per heavy atom. The molecule has 0 aromatic carbocycles. The van der Waals surface area contributed by atoms with Gasteiger partial charge in [0.1, 0.15) is 5.82 Å². The lowest BCUT2D eigenvalue weighted by Gasteiger charge is -2.11.